The van der Waals surface area contributed by atoms with Gasteiger partial charge >= 0.3 is 0 Å². The van der Waals surface area contributed by atoms with Gasteiger partial charge in [0.25, 0.3) is 0 Å². The first-order valence-corrected chi connectivity index (χ1v) is 22.3. The summed E-state index contributed by atoms with van der Waals surface area (Å²) in [6.07, 6.45) is 8.04. The maximum Gasteiger partial charge on any atom is 0.0726 e. The number of benzene rings is 7. The summed E-state index contributed by atoms with van der Waals surface area (Å²) in [5, 5.41) is 0. The molecule has 4 aliphatic rings. The molecule has 7 aromatic rings. The van der Waals surface area contributed by atoms with Crippen LogP contribution in [0.4, 0.5) is 17.1 Å². The van der Waals surface area contributed by atoms with E-state index in [2.05, 4.69) is 230 Å². The summed E-state index contributed by atoms with van der Waals surface area (Å²) in [6.45, 7) is 19.1. The first-order chi connectivity index (χ1) is 29.3. The molecule has 0 fully saturated rings. The molecule has 300 valence electrons. The monoisotopic (exact) mass is 789 g/mol. The fourth-order valence-electron chi connectivity index (χ4n) is 11.4. The van der Waals surface area contributed by atoms with Crippen LogP contribution in [0, 0.1) is 5.92 Å². The number of hydrogen-bond acceptors (Lipinski definition) is 1. The Bertz CT molecular complexity index is 2950. The van der Waals surface area contributed by atoms with E-state index < -0.39 is 5.41 Å². The molecule has 1 atom stereocenters. The van der Waals surface area contributed by atoms with Gasteiger partial charge in [0.2, 0.25) is 0 Å². The smallest absolute Gasteiger partial charge is 0.0726 e. The van der Waals surface area contributed by atoms with Crippen LogP contribution in [-0.2, 0) is 21.7 Å². The molecule has 1 spiro atoms. The summed E-state index contributed by atoms with van der Waals surface area (Å²) in [5.41, 5.74) is 23.2. The van der Waals surface area contributed by atoms with Gasteiger partial charge in [-0.2, -0.15) is 0 Å². The first-order valence-electron chi connectivity index (χ1n) is 22.3. The van der Waals surface area contributed by atoms with Crippen molar-refractivity contribution in [2.45, 2.75) is 83.5 Å². The molecule has 0 bridgehead atoms. The Morgan fingerprint density at radius 2 is 1.11 bits per heavy atom. The van der Waals surface area contributed by atoms with E-state index >= 15 is 0 Å². The molecule has 0 aliphatic heterocycles. The van der Waals surface area contributed by atoms with Gasteiger partial charge in [-0.05, 0) is 137 Å². The molecule has 61 heavy (non-hydrogen) atoms. The average Bonchev–Trinajstić information content (AvgIpc) is 3.82. The predicted molar refractivity (Wildman–Crippen MR) is 259 cm³/mol. The highest BCUT2D eigenvalue weighted by Crippen LogP contribution is 2.66. The average molecular weight is 790 g/mol. The van der Waals surface area contributed by atoms with E-state index in [4.69, 9.17) is 0 Å². The second kappa shape index (κ2) is 13.2. The Morgan fingerprint density at radius 1 is 0.492 bits per heavy atom. The maximum absolute atomic E-state index is 2.61. The SMILES string of the molecule is CC(C)(C)c1ccc2c(c1)C1(c3ccccc3-c3ccccc31)c1cc(C(C)(C)C)cc(N(c3cccc(-c4ccccc4)c3)c3ccc4c(c3)C(C)(C)C3CC=CC=C43)c1-2. The predicted octanol–water partition coefficient (Wildman–Crippen LogP) is 16.0. The van der Waals surface area contributed by atoms with Crippen LogP contribution in [-0.4, -0.2) is 0 Å². The van der Waals surface area contributed by atoms with Gasteiger partial charge in [0.1, 0.15) is 0 Å². The van der Waals surface area contributed by atoms with Crippen LogP contribution < -0.4 is 4.90 Å². The van der Waals surface area contributed by atoms with Crippen LogP contribution in [0.1, 0.15) is 106 Å². The fourth-order valence-corrected chi connectivity index (χ4v) is 11.4. The molecular formula is C60H55N. The first kappa shape index (κ1) is 37.8. The standard InChI is InChI=1S/C60H55N/c1-57(2,3)40-29-31-48-53(34-40)60(50-27-16-13-24-45(50)46-25-14-17-28-51(46)60)54-35-41(58(4,5)6)36-55(56(48)54)61(42-22-18-21-39(33-42)38-19-10-9-11-20-38)43-30-32-47-44-23-12-15-26-49(44)59(7,8)52(47)37-43/h9-25,27-37,49H,26H2,1-8H3. The molecular weight excluding hydrogens is 735 g/mol. The van der Waals surface area contributed by atoms with Gasteiger partial charge in [-0.15, -0.1) is 0 Å². The lowest BCUT2D eigenvalue weighted by Crippen LogP contribution is -2.27. The van der Waals surface area contributed by atoms with Gasteiger partial charge in [0, 0.05) is 16.9 Å². The summed E-state index contributed by atoms with van der Waals surface area (Å²) >= 11 is 0. The molecule has 1 heteroatoms. The van der Waals surface area contributed by atoms with Crippen molar-refractivity contribution in [3.63, 3.8) is 0 Å². The number of rotatable bonds is 4. The van der Waals surface area contributed by atoms with Crippen molar-refractivity contribution in [3.8, 4) is 33.4 Å². The van der Waals surface area contributed by atoms with E-state index in [1.54, 1.807) is 0 Å². The highest BCUT2D eigenvalue weighted by Gasteiger charge is 2.53. The molecule has 7 aromatic carbocycles. The summed E-state index contributed by atoms with van der Waals surface area (Å²) in [4.78, 5) is 2.61. The Morgan fingerprint density at radius 3 is 1.82 bits per heavy atom. The number of anilines is 3. The van der Waals surface area contributed by atoms with Gasteiger partial charge in [-0.25, -0.2) is 0 Å². The van der Waals surface area contributed by atoms with Crippen molar-refractivity contribution in [3.05, 3.63) is 214 Å². The highest BCUT2D eigenvalue weighted by molar-refractivity contribution is 6.02. The molecule has 0 N–H and O–H groups in total. The third-order valence-electron chi connectivity index (χ3n) is 14.6. The molecule has 0 saturated heterocycles. The topological polar surface area (TPSA) is 3.24 Å². The van der Waals surface area contributed by atoms with Crippen molar-refractivity contribution in [2.75, 3.05) is 4.90 Å². The number of fused-ring (bicyclic) bond motifs is 13. The Balaban J connectivity index is 1.27. The van der Waals surface area contributed by atoms with Crippen molar-refractivity contribution in [1.82, 2.24) is 0 Å². The Kier molecular flexibility index (Phi) is 8.15. The van der Waals surface area contributed by atoms with E-state index in [1.165, 1.54) is 94.8 Å². The number of allylic oxidation sites excluding steroid dienone is 4. The van der Waals surface area contributed by atoms with Crippen LogP contribution in [0.15, 0.2) is 170 Å². The van der Waals surface area contributed by atoms with Crippen LogP contribution in [0.25, 0.3) is 39.0 Å². The van der Waals surface area contributed by atoms with Crippen molar-refractivity contribution in [2.24, 2.45) is 5.92 Å². The second-order valence-electron chi connectivity index (χ2n) is 20.6. The van der Waals surface area contributed by atoms with Crippen LogP contribution in [0.3, 0.4) is 0 Å². The highest BCUT2D eigenvalue weighted by atomic mass is 15.1. The van der Waals surface area contributed by atoms with Gasteiger partial charge < -0.3 is 4.90 Å². The summed E-state index contributed by atoms with van der Waals surface area (Å²) in [7, 11) is 0. The molecule has 1 unspecified atom stereocenters. The minimum absolute atomic E-state index is 0.00795. The molecule has 0 amide bonds. The van der Waals surface area contributed by atoms with Gasteiger partial charge in [-0.3, -0.25) is 0 Å². The van der Waals surface area contributed by atoms with Gasteiger partial charge in [0.05, 0.1) is 11.1 Å². The van der Waals surface area contributed by atoms with E-state index in [-0.39, 0.29) is 16.2 Å². The minimum atomic E-state index is -0.484. The maximum atomic E-state index is 2.61. The summed E-state index contributed by atoms with van der Waals surface area (Å²) in [5.74, 6) is 0.470. The quantitative estimate of drug-likeness (QED) is 0.172. The van der Waals surface area contributed by atoms with Crippen molar-refractivity contribution < 1.29 is 0 Å². The largest absolute Gasteiger partial charge is 0.310 e. The van der Waals surface area contributed by atoms with E-state index in [0.29, 0.717) is 5.92 Å². The van der Waals surface area contributed by atoms with Crippen LogP contribution in [0.5, 0.6) is 0 Å². The molecule has 0 saturated carbocycles. The zero-order valence-electron chi connectivity index (χ0n) is 36.9. The normalized spacial score (nSPS) is 17.2. The molecule has 0 radical (unpaired) electrons. The summed E-state index contributed by atoms with van der Waals surface area (Å²) < 4.78 is 0. The Labute approximate surface area is 363 Å². The van der Waals surface area contributed by atoms with Crippen molar-refractivity contribution >= 4 is 22.6 Å². The lowest BCUT2D eigenvalue weighted by Gasteiger charge is -2.35. The lowest BCUT2D eigenvalue weighted by molar-refractivity contribution is 0.415. The lowest BCUT2D eigenvalue weighted by atomic mass is 9.68. The Hall–Kier alpha value is -6.18. The van der Waals surface area contributed by atoms with Crippen LogP contribution in [0.2, 0.25) is 0 Å². The number of hydrogen-bond donors (Lipinski definition) is 0. The van der Waals surface area contributed by atoms with Gasteiger partial charge in [-0.1, -0.05) is 195 Å². The van der Waals surface area contributed by atoms with E-state index in [1.807, 2.05) is 0 Å². The minimum Gasteiger partial charge on any atom is -0.310 e. The molecule has 0 aromatic heterocycles. The molecule has 11 rings (SSSR count). The zero-order valence-corrected chi connectivity index (χ0v) is 36.9. The molecule has 1 nitrogen and oxygen atoms in total. The zero-order chi connectivity index (χ0) is 42.1. The molecule has 0 heterocycles. The second-order valence-corrected chi connectivity index (χ2v) is 20.6. The van der Waals surface area contributed by atoms with E-state index in [0.717, 1.165) is 12.1 Å². The summed E-state index contributed by atoms with van der Waals surface area (Å²) in [6, 6.07) is 58.4. The fraction of sp³-hybridized carbons (Fsp3) is 0.233. The van der Waals surface area contributed by atoms with Crippen LogP contribution >= 0.6 is 0 Å². The molecule has 4 aliphatic carbocycles. The number of nitrogens with zero attached hydrogens (tertiary/aromatic N) is 1. The van der Waals surface area contributed by atoms with Crippen molar-refractivity contribution in [1.29, 1.82) is 0 Å². The third kappa shape index (κ3) is 5.45. The van der Waals surface area contributed by atoms with E-state index in [9.17, 15) is 0 Å². The third-order valence-corrected chi connectivity index (χ3v) is 14.6. The van der Waals surface area contributed by atoms with Gasteiger partial charge in [0.15, 0.2) is 0 Å².